The van der Waals surface area contributed by atoms with Gasteiger partial charge in [-0.05, 0) is 81.5 Å². The molecule has 0 spiro atoms. The number of pyridine rings is 1. The van der Waals surface area contributed by atoms with E-state index >= 15 is 0 Å². The van der Waals surface area contributed by atoms with Crippen LogP contribution in [0, 0.1) is 24.8 Å². The molecule has 0 bridgehead atoms. The van der Waals surface area contributed by atoms with E-state index < -0.39 is 44.8 Å². The number of amides is 2. The number of hydrogen-bond donors (Lipinski definition) is 2. The Morgan fingerprint density at radius 3 is 2.62 bits per heavy atom. The molecule has 0 radical (unpaired) electrons. The number of hydrogen-bond acceptors (Lipinski definition) is 11. The van der Waals surface area contributed by atoms with Crippen molar-refractivity contribution in [2.45, 2.75) is 114 Å². The summed E-state index contributed by atoms with van der Waals surface area (Å²) < 4.78 is 40.9. The Morgan fingerprint density at radius 2 is 1.89 bits per heavy atom. The lowest BCUT2D eigenvalue weighted by Gasteiger charge is -2.30. The highest BCUT2D eigenvalue weighted by Crippen LogP contribution is 2.57. The van der Waals surface area contributed by atoms with Crippen LogP contribution in [0.5, 0.6) is 11.5 Å². The lowest BCUT2D eigenvalue weighted by Crippen LogP contribution is -2.49. The van der Waals surface area contributed by atoms with Gasteiger partial charge in [-0.3, -0.25) is 19.1 Å². The van der Waals surface area contributed by atoms with Crippen LogP contribution in [0.3, 0.4) is 0 Å². The number of benzene rings is 2. The van der Waals surface area contributed by atoms with Crippen molar-refractivity contribution >= 4 is 61.2 Å². The summed E-state index contributed by atoms with van der Waals surface area (Å²) in [5.41, 5.74) is 2.91. The molecule has 3 fully saturated rings. The number of thiazole rings is 1. The molecule has 2 N–H and O–H groups in total. The van der Waals surface area contributed by atoms with Gasteiger partial charge in [-0.2, -0.15) is 0 Å². The van der Waals surface area contributed by atoms with Gasteiger partial charge in [-0.25, -0.2) is 23.2 Å². The average molecular weight is 865 g/mol. The highest BCUT2D eigenvalue weighted by Gasteiger charge is 2.61. The molecule has 2 amide bonds. The number of ether oxygens (including phenoxy) is 2. The van der Waals surface area contributed by atoms with Crippen molar-refractivity contribution in [3.8, 4) is 22.2 Å². The van der Waals surface area contributed by atoms with Crippen LogP contribution in [0.4, 0.5) is 11.4 Å². The second-order valence-corrected chi connectivity index (χ2v) is 20.0. The molecule has 4 heterocycles. The molecule has 13 nitrogen and oxygen atoms in total. The van der Waals surface area contributed by atoms with E-state index in [0.717, 1.165) is 47.3 Å². The van der Waals surface area contributed by atoms with Crippen molar-refractivity contribution in [1.82, 2.24) is 19.6 Å². The van der Waals surface area contributed by atoms with E-state index in [1.807, 2.05) is 48.7 Å². The third-order valence-corrected chi connectivity index (χ3v) is 15.2. The van der Waals surface area contributed by atoms with Crippen molar-refractivity contribution in [3.05, 3.63) is 82.7 Å². The summed E-state index contributed by atoms with van der Waals surface area (Å²) in [4.78, 5) is 58.8. The van der Waals surface area contributed by atoms with Gasteiger partial charge in [-0.1, -0.05) is 51.0 Å². The smallest absolute Gasteiger partial charge is 0.245 e. The minimum Gasteiger partial charge on any atom is -0.496 e. The van der Waals surface area contributed by atoms with Gasteiger partial charge in [0.25, 0.3) is 0 Å². The molecule has 5 atom stereocenters. The van der Waals surface area contributed by atoms with E-state index in [1.165, 1.54) is 11.3 Å². The van der Waals surface area contributed by atoms with E-state index in [2.05, 4.69) is 28.7 Å². The maximum Gasteiger partial charge on any atom is 0.245 e. The Morgan fingerprint density at radius 1 is 1.07 bits per heavy atom. The van der Waals surface area contributed by atoms with Crippen molar-refractivity contribution < 1.29 is 32.3 Å². The first-order valence-electron chi connectivity index (χ1n) is 21.2. The molecule has 15 heteroatoms. The number of rotatable bonds is 10. The molecule has 8 rings (SSSR count). The van der Waals surface area contributed by atoms with Crippen LogP contribution in [0.1, 0.15) is 95.2 Å². The van der Waals surface area contributed by atoms with Gasteiger partial charge < -0.3 is 19.7 Å². The summed E-state index contributed by atoms with van der Waals surface area (Å²) in [6, 6.07) is 11.0. The van der Waals surface area contributed by atoms with Crippen LogP contribution in [0.2, 0.25) is 0 Å². The average Bonchev–Trinajstić information content (AvgIpc) is 4.12. The number of carbonyl (C=O) groups is 3. The number of allylic oxidation sites excluding steroid dienone is 2. The number of nitrogens with zero attached hydrogens (tertiary/aromatic N) is 4. The summed E-state index contributed by atoms with van der Waals surface area (Å²) in [7, 11) is -2.24. The van der Waals surface area contributed by atoms with E-state index in [9.17, 15) is 22.8 Å². The fraction of sp³-hybridized carbons (Fsp3) is 0.478. The van der Waals surface area contributed by atoms with E-state index in [4.69, 9.17) is 26.0 Å². The lowest BCUT2D eigenvalue weighted by molar-refractivity contribution is -0.139. The SMILES string of the molecule is [C-]#[N+]c1cccc(N[C@H]2CCCCC/C=C\[C@@H]3C[C@@]3(C(=O)NS(=O)(=O)C3CC3)CC(=O)[C@@H]3C[C@@H](Oc4cc(-c5nc(C(C)C)cs5)nc5c(C)c(OC)ccc45)CN3C2=O)c1. The first kappa shape index (κ1) is 42.4. The van der Waals surface area contributed by atoms with Crippen LogP contribution < -0.4 is 19.5 Å². The number of Topliss-reactive ketones (excluding diaryl/α,β-unsaturated/α-hetero) is 1. The molecule has 4 aliphatic rings. The number of methoxy groups -OCH3 is 1. The molecule has 2 aromatic carbocycles. The van der Waals surface area contributed by atoms with E-state index in [0.29, 0.717) is 59.8 Å². The summed E-state index contributed by atoms with van der Waals surface area (Å²) in [6.45, 7) is 13.8. The summed E-state index contributed by atoms with van der Waals surface area (Å²) in [5, 5.41) is 6.30. The highest BCUT2D eigenvalue weighted by atomic mass is 32.2. The first-order chi connectivity index (χ1) is 29.3. The largest absolute Gasteiger partial charge is 0.496 e. The zero-order valence-electron chi connectivity index (χ0n) is 35.0. The van der Waals surface area contributed by atoms with Gasteiger partial charge in [-0.15, -0.1) is 11.3 Å². The first-order valence-corrected chi connectivity index (χ1v) is 23.6. The summed E-state index contributed by atoms with van der Waals surface area (Å²) in [6.07, 6.45) is 8.35. The molecule has 2 aliphatic carbocycles. The van der Waals surface area contributed by atoms with Gasteiger partial charge in [0, 0.05) is 40.9 Å². The minimum absolute atomic E-state index is 0.0944. The topological polar surface area (TPSA) is 161 Å². The highest BCUT2D eigenvalue weighted by molar-refractivity contribution is 7.90. The Bertz CT molecular complexity index is 2540. The van der Waals surface area contributed by atoms with Crippen LogP contribution in [-0.4, -0.2) is 78.0 Å². The molecule has 2 saturated carbocycles. The number of aromatic nitrogens is 2. The fourth-order valence-corrected chi connectivity index (χ4v) is 11.0. The molecule has 0 unspecified atom stereocenters. The second kappa shape index (κ2) is 17.2. The van der Waals surface area contributed by atoms with Crippen LogP contribution in [0.15, 0.2) is 60.0 Å². The number of sulfonamides is 1. The monoisotopic (exact) mass is 864 g/mol. The predicted molar refractivity (Wildman–Crippen MR) is 235 cm³/mol. The number of carbonyl (C=O) groups excluding carboxylic acids is 3. The van der Waals surface area contributed by atoms with Crippen LogP contribution in [-0.2, 0) is 24.4 Å². The standard InChI is InChI=1S/C46H52N6O7S2/c1-27(2)37-26-60-43(50-37)36-22-41(34-18-19-40(58-5)28(3)42(34)49-36)59-32-21-38-39(53)24-46(45(55)51-61(56,57)33-16-17-33)23-29(46)12-9-7-6-8-10-15-35(44(54)52(38)25-32)48-31-14-11-13-30(20-31)47-4/h9,11-14,18-20,22,26-27,29,32-33,35,38,48H,6-8,10,15-17,21,23-25H2,1-3,5H3,(H,51,55)/b12-9-/t29-,32-,35+,38+,46-/m1/s1. The van der Waals surface area contributed by atoms with Crippen molar-refractivity contribution in [2.75, 3.05) is 19.0 Å². The van der Waals surface area contributed by atoms with Gasteiger partial charge in [0.15, 0.2) is 11.5 Å². The van der Waals surface area contributed by atoms with E-state index in [1.54, 1.807) is 30.2 Å². The summed E-state index contributed by atoms with van der Waals surface area (Å²) >= 11 is 1.50. The Balaban J connectivity index is 1.16. The van der Waals surface area contributed by atoms with Crippen molar-refractivity contribution in [2.24, 2.45) is 11.3 Å². The number of nitrogens with one attached hydrogen (secondary N) is 2. The third kappa shape index (κ3) is 8.88. The molecular weight excluding hydrogens is 813 g/mol. The van der Waals surface area contributed by atoms with Crippen molar-refractivity contribution in [1.29, 1.82) is 0 Å². The predicted octanol–water partition coefficient (Wildman–Crippen LogP) is 8.27. The van der Waals surface area contributed by atoms with Gasteiger partial charge in [0.1, 0.15) is 34.3 Å². The van der Waals surface area contributed by atoms with Crippen molar-refractivity contribution in [3.63, 3.8) is 0 Å². The number of ketones is 1. The third-order valence-electron chi connectivity index (χ3n) is 12.5. The molecule has 320 valence electrons. The number of fused-ring (bicyclic) bond motifs is 3. The molecule has 2 aromatic heterocycles. The maximum absolute atomic E-state index is 15.0. The fourth-order valence-electron chi connectivity index (χ4n) is 8.71. The molecule has 61 heavy (non-hydrogen) atoms. The van der Waals surface area contributed by atoms with Crippen LogP contribution >= 0.6 is 11.3 Å². The minimum atomic E-state index is -3.86. The lowest BCUT2D eigenvalue weighted by atomic mass is 9.91. The Kier molecular flexibility index (Phi) is 11.9. The normalized spacial score (nSPS) is 25.1. The quantitative estimate of drug-likeness (QED) is 0.117. The van der Waals surface area contributed by atoms with Gasteiger partial charge >= 0.3 is 0 Å². The van der Waals surface area contributed by atoms with Gasteiger partial charge in [0.05, 0.1) is 48.1 Å². The van der Waals surface area contributed by atoms with Gasteiger partial charge in [0.2, 0.25) is 21.8 Å². The van der Waals surface area contributed by atoms with Crippen LogP contribution in [0.25, 0.3) is 26.4 Å². The molecule has 4 aromatic rings. The number of anilines is 1. The maximum atomic E-state index is 15.0. The molecule has 1 saturated heterocycles. The Hall–Kier alpha value is -5.33. The van der Waals surface area contributed by atoms with E-state index in [-0.39, 0.29) is 42.9 Å². The Labute approximate surface area is 361 Å². The molecule has 2 aliphatic heterocycles. The zero-order valence-corrected chi connectivity index (χ0v) is 36.6. The zero-order chi connectivity index (χ0) is 43.1. The number of aryl methyl sites for hydroxylation is 1. The second-order valence-electron chi connectivity index (χ2n) is 17.2. The summed E-state index contributed by atoms with van der Waals surface area (Å²) in [5.74, 6) is -0.128. The molecular formula is C46H52N6O7S2.